The number of unbranched alkanes of at least 4 members (excludes halogenated alkanes) is 1. The maximum Gasteiger partial charge on any atom is 0.229 e. The van der Waals surface area contributed by atoms with Crippen molar-refractivity contribution >= 4 is 17.5 Å². The highest BCUT2D eigenvalue weighted by molar-refractivity contribution is 5.95. The Labute approximate surface area is 179 Å². The molecule has 2 amide bonds. The molecule has 0 spiro atoms. The Morgan fingerprint density at radius 2 is 1.93 bits per heavy atom. The molecule has 160 valence electrons. The van der Waals surface area contributed by atoms with E-state index in [2.05, 4.69) is 12.2 Å². The molecule has 30 heavy (non-hydrogen) atoms. The van der Waals surface area contributed by atoms with Crippen LogP contribution in [-0.4, -0.2) is 30.4 Å². The molecule has 1 N–H and O–H groups in total. The van der Waals surface area contributed by atoms with Crippen LogP contribution in [0.1, 0.15) is 55.3 Å². The average Bonchev–Trinajstić information content (AvgIpc) is 2.75. The normalized spacial score (nSPS) is 18.9. The molecule has 5 heteroatoms. The summed E-state index contributed by atoms with van der Waals surface area (Å²) in [5, 5.41) is 3.13. The lowest BCUT2D eigenvalue weighted by Crippen LogP contribution is -2.47. The standard InChI is InChI=1S/C25H32N2O3/c1-5-6-16-27-23(28)15-14-20(24(27)19-11-7-8-13-22(19)30-4)25(29)26-21-12-9-10-17(2)18(21)3/h7-13,20,24H,5-6,14-16H2,1-4H3,(H,26,29)/t20-,24-/m0/s1. The van der Waals surface area contributed by atoms with E-state index in [1.807, 2.05) is 61.2 Å². The fourth-order valence-electron chi connectivity index (χ4n) is 4.23. The van der Waals surface area contributed by atoms with E-state index in [1.54, 1.807) is 7.11 Å². The van der Waals surface area contributed by atoms with Crippen molar-refractivity contribution < 1.29 is 14.3 Å². The molecule has 2 aromatic carbocycles. The van der Waals surface area contributed by atoms with Gasteiger partial charge >= 0.3 is 0 Å². The first-order valence-corrected chi connectivity index (χ1v) is 10.8. The number of aryl methyl sites for hydroxylation is 1. The molecule has 3 rings (SSSR count). The minimum atomic E-state index is -0.337. The summed E-state index contributed by atoms with van der Waals surface area (Å²) in [5.74, 6) is 0.433. The van der Waals surface area contributed by atoms with Crippen molar-refractivity contribution in [1.29, 1.82) is 0 Å². The number of methoxy groups -OCH3 is 1. The number of amides is 2. The third-order valence-corrected chi connectivity index (χ3v) is 6.12. The van der Waals surface area contributed by atoms with Gasteiger partial charge in [0.05, 0.1) is 19.1 Å². The number of carbonyl (C=O) groups is 2. The Morgan fingerprint density at radius 1 is 1.17 bits per heavy atom. The second kappa shape index (κ2) is 9.79. The monoisotopic (exact) mass is 408 g/mol. The quantitative estimate of drug-likeness (QED) is 0.699. The molecular weight excluding hydrogens is 376 g/mol. The Morgan fingerprint density at radius 3 is 2.67 bits per heavy atom. The minimum absolute atomic E-state index is 0.0476. The third kappa shape index (κ3) is 4.50. The van der Waals surface area contributed by atoms with E-state index in [1.165, 1.54) is 0 Å². The van der Waals surface area contributed by atoms with Gasteiger partial charge in [0.1, 0.15) is 5.75 Å². The minimum Gasteiger partial charge on any atom is -0.496 e. The Bertz CT molecular complexity index is 909. The Hall–Kier alpha value is -2.82. The molecule has 0 aliphatic carbocycles. The number of nitrogens with one attached hydrogen (secondary N) is 1. The average molecular weight is 409 g/mol. The van der Waals surface area contributed by atoms with Crippen molar-refractivity contribution in [2.75, 3.05) is 19.0 Å². The lowest BCUT2D eigenvalue weighted by Gasteiger charge is -2.41. The van der Waals surface area contributed by atoms with Crippen molar-refractivity contribution in [3.8, 4) is 5.75 Å². The molecule has 1 fully saturated rings. The number of ether oxygens (including phenoxy) is 1. The molecule has 0 bridgehead atoms. The number of hydrogen-bond donors (Lipinski definition) is 1. The predicted molar refractivity (Wildman–Crippen MR) is 120 cm³/mol. The number of rotatable bonds is 7. The van der Waals surface area contributed by atoms with Crippen LogP contribution in [0, 0.1) is 19.8 Å². The first kappa shape index (κ1) is 21.9. The largest absolute Gasteiger partial charge is 0.496 e. The van der Waals surface area contributed by atoms with Gasteiger partial charge in [-0.2, -0.15) is 0 Å². The van der Waals surface area contributed by atoms with Gasteiger partial charge in [-0.05, 0) is 49.9 Å². The number of likely N-dealkylation sites (tertiary alicyclic amines) is 1. The maximum atomic E-state index is 13.5. The van der Waals surface area contributed by atoms with Crippen LogP contribution >= 0.6 is 0 Å². The van der Waals surface area contributed by atoms with Gasteiger partial charge in [-0.3, -0.25) is 9.59 Å². The van der Waals surface area contributed by atoms with E-state index in [-0.39, 0.29) is 23.8 Å². The lowest BCUT2D eigenvalue weighted by atomic mass is 9.83. The molecule has 1 heterocycles. The Kier molecular flexibility index (Phi) is 7.14. The summed E-state index contributed by atoms with van der Waals surface area (Å²) in [6.45, 7) is 6.80. The highest BCUT2D eigenvalue weighted by atomic mass is 16.5. The molecule has 2 aromatic rings. The highest BCUT2D eigenvalue weighted by Gasteiger charge is 2.41. The fraction of sp³-hybridized carbons (Fsp3) is 0.440. The zero-order valence-electron chi connectivity index (χ0n) is 18.4. The fourth-order valence-corrected chi connectivity index (χ4v) is 4.23. The van der Waals surface area contributed by atoms with Crippen molar-refractivity contribution in [3.05, 3.63) is 59.2 Å². The highest BCUT2D eigenvalue weighted by Crippen LogP contribution is 2.41. The molecule has 0 aromatic heterocycles. The summed E-state index contributed by atoms with van der Waals surface area (Å²) in [5.41, 5.74) is 3.92. The molecule has 0 unspecified atom stereocenters. The van der Waals surface area contributed by atoms with Gasteiger partial charge in [-0.1, -0.05) is 43.7 Å². The van der Waals surface area contributed by atoms with Crippen molar-refractivity contribution in [2.45, 2.75) is 52.5 Å². The van der Waals surface area contributed by atoms with Crippen LogP contribution in [0.2, 0.25) is 0 Å². The topological polar surface area (TPSA) is 58.6 Å². The molecule has 1 aliphatic heterocycles. The van der Waals surface area contributed by atoms with Crippen LogP contribution in [0.15, 0.2) is 42.5 Å². The van der Waals surface area contributed by atoms with Crippen molar-refractivity contribution in [1.82, 2.24) is 4.90 Å². The van der Waals surface area contributed by atoms with Gasteiger partial charge in [0.15, 0.2) is 0 Å². The van der Waals surface area contributed by atoms with Gasteiger partial charge < -0.3 is 15.0 Å². The van der Waals surface area contributed by atoms with E-state index < -0.39 is 0 Å². The van der Waals surface area contributed by atoms with E-state index in [4.69, 9.17) is 4.74 Å². The third-order valence-electron chi connectivity index (χ3n) is 6.12. The van der Waals surface area contributed by atoms with Gasteiger partial charge in [-0.15, -0.1) is 0 Å². The Balaban J connectivity index is 1.98. The lowest BCUT2D eigenvalue weighted by molar-refractivity contribution is -0.142. The van der Waals surface area contributed by atoms with Crippen LogP contribution in [0.3, 0.4) is 0 Å². The van der Waals surface area contributed by atoms with Crippen LogP contribution in [0.4, 0.5) is 5.69 Å². The predicted octanol–water partition coefficient (Wildman–Crippen LogP) is 5.03. The first-order chi connectivity index (χ1) is 14.5. The second-order valence-corrected chi connectivity index (χ2v) is 8.01. The number of carbonyl (C=O) groups excluding carboxylic acids is 2. The van der Waals surface area contributed by atoms with Crippen LogP contribution in [0.25, 0.3) is 0 Å². The summed E-state index contributed by atoms with van der Waals surface area (Å²) >= 11 is 0. The molecule has 0 radical (unpaired) electrons. The first-order valence-electron chi connectivity index (χ1n) is 10.8. The molecule has 2 atom stereocenters. The number of piperidine rings is 1. The van der Waals surface area contributed by atoms with E-state index in [0.717, 1.165) is 35.2 Å². The van der Waals surface area contributed by atoms with Crippen LogP contribution < -0.4 is 10.1 Å². The second-order valence-electron chi connectivity index (χ2n) is 8.01. The van der Waals surface area contributed by atoms with Crippen LogP contribution in [-0.2, 0) is 9.59 Å². The smallest absolute Gasteiger partial charge is 0.229 e. The molecule has 1 saturated heterocycles. The van der Waals surface area contributed by atoms with E-state index in [0.29, 0.717) is 25.1 Å². The molecule has 5 nitrogen and oxygen atoms in total. The zero-order chi connectivity index (χ0) is 21.7. The van der Waals surface area contributed by atoms with Gasteiger partial charge in [-0.25, -0.2) is 0 Å². The summed E-state index contributed by atoms with van der Waals surface area (Å²) in [7, 11) is 1.63. The zero-order valence-corrected chi connectivity index (χ0v) is 18.4. The van der Waals surface area contributed by atoms with Gasteiger partial charge in [0.2, 0.25) is 11.8 Å². The SMILES string of the molecule is CCCCN1C(=O)CC[C@H](C(=O)Nc2cccc(C)c2C)[C@@H]1c1ccccc1OC. The number of hydrogen-bond acceptors (Lipinski definition) is 3. The van der Waals surface area contributed by atoms with E-state index in [9.17, 15) is 9.59 Å². The van der Waals surface area contributed by atoms with Crippen molar-refractivity contribution in [2.24, 2.45) is 5.92 Å². The number of nitrogens with zero attached hydrogens (tertiary/aromatic N) is 1. The summed E-state index contributed by atoms with van der Waals surface area (Å²) in [6.07, 6.45) is 2.81. The summed E-state index contributed by atoms with van der Waals surface area (Å²) < 4.78 is 5.60. The summed E-state index contributed by atoms with van der Waals surface area (Å²) in [4.78, 5) is 28.2. The number of benzene rings is 2. The van der Waals surface area contributed by atoms with Crippen molar-refractivity contribution in [3.63, 3.8) is 0 Å². The maximum absolute atomic E-state index is 13.5. The van der Waals surface area contributed by atoms with E-state index >= 15 is 0 Å². The van der Waals surface area contributed by atoms with Crippen LogP contribution in [0.5, 0.6) is 5.75 Å². The summed E-state index contributed by atoms with van der Waals surface area (Å²) in [6, 6.07) is 13.3. The van der Waals surface area contributed by atoms with Gasteiger partial charge in [0, 0.05) is 24.2 Å². The molecular formula is C25H32N2O3. The van der Waals surface area contributed by atoms with Gasteiger partial charge in [0.25, 0.3) is 0 Å². The number of para-hydroxylation sites is 1. The molecule has 1 aliphatic rings. The molecule has 0 saturated carbocycles. The number of anilines is 1.